The summed E-state index contributed by atoms with van der Waals surface area (Å²) in [6.45, 7) is 0. The van der Waals surface area contributed by atoms with Gasteiger partial charge in [-0.15, -0.1) is 0 Å². The van der Waals surface area contributed by atoms with Gasteiger partial charge in [0.1, 0.15) is 0 Å². The molecule has 10 heteroatoms. The number of nitro benzene ring substituents is 2. The van der Waals surface area contributed by atoms with Gasteiger partial charge in [-0.2, -0.15) is 0 Å². The average molecular weight is 537 g/mol. The van der Waals surface area contributed by atoms with Gasteiger partial charge in [0.15, 0.2) is 0 Å². The van der Waals surface area contributed by atoms with E-state index in [4.69, 9.17) is 0 Å². The van der Waals surface area contributed by atoms with E-state index in [1.54, 1.807) is 24.3 Å². The topological polar surface area (TPSA) is 144 Å². The van der Waals surface area contributed by atoms with Gasteiger partial charge in [0.05, 0.1) is 22.7 Å². The summed E-state index contributed by atoms with van der Waals surface area (Å²) >= 11 is 0. The Bertz CT molecular complexity index is 1060. The highest BCUT2D eigenvalue weighted by Gasteiger charge is 2.28. The van der Waals surface area contributed by atoms with Gasteiger partial charge >= 0.3 is 0 Å². The summed E-state index contributed by atoms with van der Waals surface area (Å²) in [6, 6.07) is 12.6. The van der Waals surface area contributed by atoms with Crippen molar-refractivity contribution in [3.05, 3.63) is 79.9 Å². The fourth-order valence-corrected chi connectivity index (χ4v) is 5.96. The molecule has 0 bridgehead atoms. The molecule has 0 spiro atoms. The fourth-order valence-electron chi connectivity index (χ4n) is 5.96. The molecule has 2 aliphatic rings. The number of nitrogens with one attached hydrogen (secondary N) is 2. The Morgan fingerprint density at radius 1 is 0.615 bits per heavy atom. The molecule has 0 heterocycles. The first-order chi connectivity index (χ1) is 18.7. The molecule has 2 fully saturated rings. The Morgan fingerprint density at radius 3 is 1.26 bits per heavy atom. The zero-order chi connectivity index (χ0) is 27.8. The molecular formula is C29H36N4O6. The molecule has 0 aromatic heterocycles. The molecule has 39 heavy (non-hydrogen) atoms. The number of non-ortho nitro benzene ring substituents is 2. The molecule has 2 aliphatic carbocycles. The monoisotopic (exact) mass is 536 g/mol. The van der Waals surface area contributed by atoms with Crippen molar-refractivity contribution in [3.63, 3.8) is 0 Å². The van der Waals surface area contributed by atoms with Gasteiger partial charge in [0, 0.05) is 36.3 Å². The first-order valence-corrected chi connectivity index (χ1v) is 13.8. The number of rotatable bonds is 10. The van der Waals surface area contributed by atoms with E-state index in [2.05, 4.69) is 10.6 Å². The summed E-state index contributed by atoms with van der Waals surface area (Å²) in [5.41, 5.74) is 1.58. The van der Waals surface area contributed by atoms with E-state index in [9.17, 15) is 29.8 Å². The SMILES string of the molecule is O=C(Cc1ccc([N+](=O)[O-])cc1)NC1CCC(CC2CCC(NC(=O)Cc3ccc([N+](=O)[O-])cc3)CC2)CC1. The lowest BCUT2D eigenvalue weighted by molar-refractivity contribution is -0.385. The highest BCUT2D eigenvalue weighted by atomic mass is 16.6. The van der Waals surface area contributed by atoms with Gasteiger partial charge < -0.3 is 10.6 Å². The largest absolute Gasteiger partial charge is 0.353 e. The van der Waals surface area contributed by atoms with Crippen molar-refractivity contribution >= 4 is 23.2 Å². The molecule has 208 valence electrons. The Morgan fingerprint density at radius 2 is 0.949 bits per heavy atom. The van der Waals surface area contributed by atoms with Crippen molar-refractivity contribution in [1.29, 1.82) is 0 Å². The third-order valence-electron chi connectivity index (χ3n) is 8.11. The maximum atomic E-state index is 12.4. The van der Waals surface area contributed by atoms with E-state index < -0.39 is 9.85 Å². The van der Waals surface area contributed by atoms with Gasteiger partial charge in [-0.25, -0.2) is 0 Å². The second-order valence-corrected chi connectivity index (χ2v) is 11.0. The van der Waals surface area contributed by atoms with Crippen LogP contribution in [0.2, 0.25) is 0 Å². The Kier molecular flexibility index (Phi) is 9.62. The number of nitro groups is 2. The minimum Gasteiger partial charge on any atom is -0.353 e. The second kappa shape index (κ2) is 13.3. The Hall–Kier alpha value is -3.82. The summed E-state index contributed by atoms with van der Waals surface area (Å²) in [5, 5.41) is 27.8. The number of hydrogen-bond donors (Lipinski definition) is 2. The van der Waals surface area contributed by atoms with Crippen LogP contribution in [0.4, 0.5) is 11.4 Å². The number of nitrogens with zero attached hydrogens (tertiary/aromatic N) is 2. The lowest BCUT2D eigenvalue weighted by Gasteiger charge is -2.34. The number of hydrogen-bond acceptors (Lipinski definition) is 6. The van der Waals surface area contributed by atoms with Crippen molar-refractivity contribution in [2.24, 2.45) is 11.8 Å². The van der Waals surface area contributed by atoms with Crippen LogP contribution in [-0.4, -0.2) is 33.7 Å². The summed E-state index contributed by atoms with van der Waals surface area (Å²) < 4.78 is 0. The van der Waals surface area contributed by atoms with E-state index >= 15 is 0 Å². The quantitative estimate of drug-likeness (QED) is 0.322. The van der Waals surface area contributed by atoms with Crippen LogP contribution in [0.5, 0.6) is 0 Å². The van der Waals surface area contributed by atoms with Crippen molar-refractivity contribution in [3.8, 4) is 0 Å². The standard InChI is InChI=1S/C29H36N4O6/c34-28(18-22-5-13-26(14-6-22)32(36)37)30-24-9-1-20(2-10-24)17-21-3-11-25(12-4-21)31-29(35)19-23-7-15-27(16-8-23)33(38)39/h5-8,13-16,20-21,24-25H,1-4,9-12,17-19H2,(H,30,34)(H,31,35). The summed E-state index contributed by atoms with van der Waals surface area (Å²) in [7, 11) is 0. The van der Waals surface area contributed by atoms with E-state index in [0.717, 1.165) is 62.5 Å². The first-order valence-electron chi connectivity index (χ1n) is 13.8. The molecule has 2 saturated carbocycles. The lowest BCUT2D eigenvalue weighted by atomic mass is 9.75. The summed E-state index contributed by atoms with van der Waals surface area (Å²) in [4.78, 5) is 45.6. The van der Waals surface area contributed by atoms with Crippen LogP contribution in [0, 0.1) is 32.1 Å². The van der Waals surface area contributed by atoms with Crippen LogP contribution in [0.15, 0.2) is 48.5 Å². The van der Waals surface area contributed by atoms with Crippen molar-refractivity contribution in [1.82, 2.24) is 10.6 Å². The molecule has 10 nitrogen and oxygen atoms in total. The highest BCUT2D eigenvalue weighted by Crippen LogP contribution is 2.35. The second-order valence-electron chi connectivity index (χ2n) is 11.0. The van der Waals surface area contributed by atoms with Gasteiger partial charge in [0.25, 0.3) is 11.4 Å². The predicted molar refractivity (Wildman–Crippen MR) is 146 cm³/mol. The van der Waals surface area contributed by atoms with Crippen LogP contribution in [-0.2, 0) is 22.4 Å². The molecule has 2 aromatic rings. The maximum Gasteiger partial charge on any atom is 0.269 e. The van der Waals surface area contributed by atoms with E-state index in [-0.39, 0.29) is 48.1 Å². The molecule has 0 saturated heterocycles. The molecule has 0 atom stereocenters. The van der Waals surface area contributed by atoms with Crippen LogP contribution in [0.3, 0.4) is 0 Å². The lowest BCUT2D eigenvalue weighted by Crippen LogP contribution is -2.39. The molecule has 2 amide bonds. The minimum absolute atomic E-state index is 0.0235. The molecule has 2 N–H and O–H groups in total. The number of carbonyl (C=O) groups is 2. The maximum absolute atomic E-state index is 12.4. The number of amides is 2. The third-order valence-corrected chi connectivity index (χ3v) is 8.11. The molecule has 0 aliphatic heterocycles. The van der Waals surface area contributed by atoms with Gasteiger partial charge in [0.2, 0.25) is 11.8 Å². The van der Waals surface area contributed by atoms with Gasteiger partial charge in [-0.3, -0.25) is 29.8 Å². The Labute approximate surface area is 227 Å². The van der Waals surface area contributed by atoms with E-state index in [0.29, 0.717) is 11.8 Å². The molecular weight excluding hydrogens is 500 g/mol. The minimum atomic E-state index is -0.446. The highest BCUT2D eigenvalue weighted by molar-refractivity contribution is 5.79. The first kappa shape index (κ1) is 28.2. The fraction of sp³-hybridized carbons (Fsp3) is 0.517. The molecule has 4 rings (SSSR count). The van der Waals surface area contributed by atoms with Crippen LogP contribution < -0.4 is 10.6 Å². The van der Waals surface area contributed by atoms with Crippen LogP contribution >= 0.6 is 0 Å². The Balaban J connectivity index is 1.10. The zero-order valence-corrected chi connectivity index (χ0v) is 22.1. The predicted octanol–water partition coefficient (Wildman–Crippen LogP) is 5.03. The number of carbonyl (C=O) groups excluding carboxylic acids is 2. The zero-order valence-electron chi connectivity index (χ0n) is 22.1. The van der Waals surface area contributed by atoms with Crippen molar-refractivity contribution < 1.29 is 19.4 Å². The van der Waals surface area contributed by atoms with Crippen molar-refractivity contribution in [2.75, 3.05) is 0 Å². The summed E-state index contributed by atoms with van der Waals surface area (Å²) in [5.74, 6) is 1.26. The molecule has 2 aromatic carbocycles. The van der Waals surface area contributed by atoms with Crippen LogP contribution in [0.25, 0.3) is 0 Å². The van der Waals surface area contributed by atoms with Crippen molar-refractivity contribution in [2.45, 2.75) is 82.7 Å². The van der Waals surface area contributed by atoms with E-state index in [1.807, 2.05) is 0 Å². The normalized spacial score (nSPS) is 23.0. The smallest absolute Gasteiger partial charge is 0.269 e. The summed E-state index contributed by atoms with van der Waals surface area (Å²) in [6.07, 6.45) is 9.99. The number of benzene rings is 2. The van der Waals surface area contributed by atoms with Gasteiger partial charge in [-0.1, -0.05) is 24.3 Å². The van der Waals surface area contributed by atoms with Gasteiger partial charge in [-0.05, 0) is 80.8 Å². The van der Waals surface area contributed by atoms with Crippen LogP contribution in [0.1, 0.15) is 68.9 Å². The average Bonchev–Trinajstić information content (AvgIpc) is 2.91. The van der Waals surface area contributed by atoms with E-state index in [1.165, 1.54) is 30.7 Å². The molecule has 0 unspecified atom stereocenters. The third kappa shape index (κ3) is 8.59. The molecule has 0 radical (unpaired) electrons.